The summed E-state index contributed by atoms with van der Waals surface area (Å²) in [6.07, 6.45) is 5.63. The van der Waals surface area contributed by atoms with E-state index in [0.29, 0.717) is 0 Å². The van der Waals surface area contributed by atoms with Crippen molar-refractivity contribution < 1.29 is 0 Å². The van der Waals surface area contributed by atoms with Gasteiger partial charge in [-0.2, -0.15) is 0 Å². The molecule has 0 aliphatic carbocycles. The summed E-state index contributed by atoms with van der Waals surface area (Å²) in [5.74, 6) is 0.811. The predicted octanol–water partition coefficient (Wildman–Crippen LogP) is 3.37. The van der Waals surface area contributed by atoms with Crippen LogP contribution >= 0.6 is 0 Å². The second-order valence-corrected chi connectivity index (χ2v) is 4.11. The number of aromatic nitrogens is 1. The molecule has 0 N–H and O–H groups in total. The molecule has 0 saturated heterocycles. The molecule has 1 aromatic rings. The molecule has 0 radical (unpaired) electrons. The highest BCUT2D eigenvalue weighted by Crippen LogP contribution is 2.08. The maximum absolute atomic E-state index is 4.38. The first kappa shape index (κ1) is 10.2. The lowest BCUT2D eigenvalue weighted by Gasteiger charge is -2.03. The molecule has 1 nitrogen and oxygen atoms in total. The van der Waals surface area contributed by atoms with Crippen LogP contribution in [0.15, 0.2) is 18.3 Å². The van der Waals surface area contributed by atoms with E-state index in [1.54, 1.807) is 0 Å². The van der Waals surface area contributed by atoms with E-state index in [9.17, 15) is 0 Å². The normalized spacial score (nSPS) is 10.8. The number of pyridine rings is 1. The Morgan fingerprint density at radius 3 is 2.62 bits per heavy atom. The summed E-state index contributed by atoms with van der Waals surface area (Å²) in [5.41, 5.74) is 2.47. The minimum atomic E-state index is 0.811. The summed E-state index contributed by atoms with van der Waals surface area (Å²) in [5, 5.41) is 0. The van der Waals surface area contributed by atoms with Crippen LogP contribution in [0.2, 0.25) is 0 Å². The molecule has 0 atom stereocenters. The van der Waals surface area contributed by atoms with Gasteiger partial charge in [0, 0.05) is 11.9 Å². The van der Waals surface area contributed by atoms with Crippen molar-refractivity contribution in [2.45, 2.75) is 40.0 Å². The number of hydrogen-bond donors (Lipinski definition) is 0. The lowest BCUT2D eigenvalue weighted by molar-refractivity contribution is 0.553. The third-order valence-corrected chi connectivity index (χ3v) is 2.19. The van der Waals surface area contributed by atoms with Crippen LogP contribution in [0, 0.1) is 12.8 Å². The largest absolute Gasteiger partial charge is 0.261 e. The van der Waals surface area contributed by atoms with Gasteiger partial charge in [0.15, 0.2) is 0 Å². The molecular formula is C12H19N. The highest BCUT2D eigenvalue weighted by Gasteiger charge is 1.96. The first-order chi connectivity index (χ1) is 6.18. The second kappa shape index (κ2) is 5.00. The number of aryl methyl sites for hydroxylation is 2. The molecule has 1 rings (SSSR count). The zero-order chi connectivity index (χ0) is 9.68. The Morgan fingerprint density at radius 2 is 2.08 bits per heavy atom. The zero-order valence-electron chi connectivity index (χ0n) is 8.88. The fourth-order valence-electron chi connectivity index (χ4n) is 1.34. The van der Waals surface area contributed by atoms with Crippen LogP contribution in [0.25, 0.3) is 0 Å². The molecule has 0 aliphatic heterocycles. The van der Waals surface area contributed by atoms with Crippen LogP contribution in [0.1, 0.15) is 37.9 Å². The summed E-state index contributed by atoms with van der Waals surface area (Å²) in [6.45, 7) is 6.61. The molecule has 0 bridgehead atoms. The first-order valence-electron chi connectivity index (χ1n) is 5.10. The van der Waals surface area contributed by atoms with Gasteiger partial charge in [0.1, 0.15) is 0 Å². The lowest BCUT2D eigenvalue weighted by atomic mass is 10.1. The van der Waals surface area contributed by atoms with Gasteiger partial charge in [-0.05, 0) is 37.3 Å². The Bertz CT molecular complexity index is 236. The highest BCUT2D eigenvalue weighted by atomic mass is 14.7. The Hall–Kier alpha value is -0.850. The van der Waals surface area contributed by atoms with Gasteiger partial charge in [0.2, 0.25) is 0 Å². The molecule has 0 unspecified atom stereocenters. The quantitative estimate of drug-likeness (QED) is 0.687. The smallest absolute Gasteiger partial charge is 0.0403 e. The van der Waals surface area contributed by atoms with Crippen LogP contribution < -0.4 is 0 Å². The number of nitrogens with zero attached hydrogens (tertiary/aromatic N) is 1. The van der Waals surface area contributed by atoms with E-state index in [2.05, 4.69) is 37.9 Å². The van der Waals surface area contributed by atoms with Crippen LogP contribution in [0.5, 0.6) is 0 Å². The Labute approximate surface area is 81.2 Å². The Balaban J connectivity index is 2.33. The number of rotatable bonds is 4. The zero-order valence-corrected chi connectivity index (χ0v) is 8.88. The molecule has 72 valence electrons. The van der Waals surface area contributed by atoms with Crippen molar-refractivity contribution in [2.24, 2.45) is 5.92 Å². The maximum Gasteiger partial charge on any atom is 0.0403 e. The van der Waals surface area contributed by atoms with Gasteiger partial charge < -0.3 is 0 Å². The van der Waals surface area contributed by atoms with E-state index >= 15 is 0 Å². The summed E-state index contributed by atoms with van der Waals surface area (Å²) >= 11 is 0. The molecule has 0 spiro atoms. The third kappa shape index (κ3) is 4.07. The van der Waals surface area contributed by atoms with Crippen molar-refractivity contribution in [3.63, 3.8) is 0 Å². The molecule has 0 amide bonds. The monoisotopic (exact) mass is 177 g/mol. The van der Waals surface area contributed by atoms with Crippen molar-refractivity contribution in [1.29, 1.82) is 0 Å². The lowest BCUT2D eigenvalue weighted by Crippen LogP contribution is -1.93. The predicted molar refractivity (Wildman–Crippen MR) is 56.8 cm³/mol. The molecule has 0 fully saturated rings. The highest BCUT2D eigenvalue weighted by molar-refractivity contribution is 5.12. The molecule has 0 aliphatic rings. The standard InChI is InChI=1S/C12H19N/c1-10(2)5-4-6-12-8-7-11(3)9-13-12/h7-10H,4-6H2,1-3H3. The van der Waals surface area contributed by atoms with Crippen LogP contribution in [0.3, 0.4) is 0 Å². The third-order valence-electron chi connectivity index (χ3n) is 2.19. The molecular weight excluding hydrogens is 158 g/mol. The van der Waals surface area contributed by atoms with Crippen LogP contribution in [-0.4, -0.2) is 4.98 Å². The van der Waals surface area contributed by atoms with E-state index in [4.69, 9.17) is 0 Å². The van der Waals surface area contributed by atoms with Gasteiger partial charge in [-0.25, -0.2) is 0 Å². The average Bonchev–Trinajstić information content (AvgIpc) is 2.08. The van der Waals surface area contributed by atoms with Crippen molar-refractivity contribution >= 4 is 0 Å². The van der Waals surface area contributed by atoms with E-state index in [-0.39, 0.29) is 0 Å². The van der Waals surface area contributed by atoms with Crippen LogP contribution in [0.4, 0.5) is 0 Å². The number of hydrogen-bond acceptors (Lipinski definition) is 1. The van der Waals surface area contributed by atoms with Crippen molar-refractivity contribution in [2.75, 3.05) is 0 Å². The van der Waals surface area contributed by atoms with Gasteiger partial charge in [-0.3, -0.25) is 4.98 Å². The topological polar surface area (TPSA) is 12.9 Å². The fourth-order valence-corrected chi connectivity index (χ4v) is 1.34. The van der Waals surface area contributed by atoms with E-state index < -0.39 is 0 Å². The SMILES string of the molecule is Cc1ccc(CCCC(C)C)nc1. The second-order valence-electron chi connectivity index (χ2n) is 4.11. The fraction of sp³-hybridized carbons (Fsp3) is 0.583. The molecule has 0 aromatic carbocycles. The summed E-state index contributed by atoms with van der Waals surface area (Å²) in [4.78, 5) is 4.38. The van der Waals surface area contributed by atoms with E-state index in [0.717, 1.165) is 12.3 Å². The molecule has 1 heterocycles. The van der Waals surface area contributed by atoms with Gasteiger partial charge in [-0.1, -0.05) is 26.3 Å². The van der Waals surface area contributed by atoms with Crippen molar-refractivity contribution in [3.05, 3.63) is 29.6 Å². The molecule has 1 heteroatoms. The van der Waals surface area contributed by atoms with Crippen molar-refractivity contribution in [3.8, 4) is 0 Å². The van der Waals surface area contributed by atoms with Crippen molar-refractivity contribution in [1.82, 2.24) is 4.98 Å². The molecule has 1 aromatic heterocycles. The summed E-state index contributed by atoms with van der Waals surface area (Å²) < 4.78 is 0. The Morgan fingerprint density at radius 1 is 1.31 bits per heavy atom. The molecule has 13 heavy (non-hydrogen) atoms. The van der Waals surface area contributed by atoms with Gasteiger partial charge >= 0.3 is 0 Å². The van der Waals surface area contributed by atoms with E-state index in [1.165, 1.54) is 24.1 Å². The Kier molecular flexibility index (Phi) is 3.94. The van der Waals surface area contributed by atoms with Gasteiger partial charge in [0.05, 0.1) is 0 Å². The molecule has 0 saturated carbocycles. The van der Waals surface area contributed by atoms with Gasteiger partial charge in [-0.15, -0.1) is 0 Å². The maximum atomic E-state index is 4.38. The summed E-state index contributed by atoms with van der Waals surface area (Å²) in [6, 6.07) is 4.27. The van der Waals surface area contributed by atoms with E-state index in [1.807, 2.05) is 6.20 Å². The average molecular weight is 177 g/mol. The minimum absolute atomic E-state index is 0.811. The first-order valence-corrected chi connectivity index (χ1v) is 5.10. The van der Waals surface area contributed by atoms with Gasteiger partial charge in [0.25, 0.3) is 0 Å². The summed E-state index contributed by atoms with van der Waals surface area (Å²) in [7, 11) is 0. The van der Waals surface area contributed by atoms with Crippen LogP contribution in [-0.2, 0) is 6.42 Å². The minimum Gasteiger partial charge on any atom is -0.261 e.